The monoisotopic (exact) mass is 498 g/mol. The van der Waals surface area contributed by atoms with Crippen LogP contribution in [0.2, 0.25) is 0 Å². The molecule has 0 saturated heterocycles. The number of methoxy groups -OCH3 is 2. The van der Waals surface area contributed by atoms with Crippen LogP contribution in [0.15, 0.2) is 82.8 Å². The molecule has 0 atom stereocenters. The van der Waals surface area contributed by atoms with Crippen LogP contribution in [-0.2, 0) is 14.8 Å². The summed E-state index contributed by atoms with van der Waals surface area (Å²) in [5.74, 6) is -0.324. The van der Waals surface area contributed by atoms with Crippen molar-refractivity contribution in [3.8, 4) is 11.5 Å². The molecule has 0 aromatic heterocycles. The molecule has 0 heterocycles. The normalized spacial score (nSPS) is 11.1. The lowest BCUT2D eigenvalue weighted by Crippen LogP contribution is -2.40. The van der Waals surface area contributed by atoms with Crippen LogP contribution >= 0.6 is 0 Å². The maximum Gasteiger partial charge on any atom is 0.289 e. The zero-order valence-corrected chi connectivity index (χ0v) is 19.6. The summed E-state index contributed by atoms with van der Waals surface area (Å²) in [7, 11) is -1.85. The topological polar surface area (TPSA) is 140 Å². The van der Waals surface area contributed by atoms with Crippen molar-refractivity contribution in [3.05, 3.63) is 88.5 Å². The van der Waals surface area contributed by atoms with Crippen LogP contribution in [0.3, 0.4) is 0 Å². The first-order valence-corrected chi connectivity index (χ1v) is 11.6. The van der Waals surface area contributed by atoms with E-state index in [9.17, 15) is 23.3 Å². The number of ether oxygens (including phenoxy) is 2. The molecule has 35 heavy (non-hydrogen) atoms. The van der Waals surface area contributed by atoms with E-state index in [4.69, 9.17) is 9.47 Å². The molecule has 3 aromatic rings. The van der Waals surface area contributed by atoms with Crippen molar-refractivity contribution in [2.75, 3.05) is 25.1 Å². The molecule has 0 saturated carbocycles. The molecule has 182 valence electrons. The first-order valence-electron chi connectivity index (χ1n) is 10.1. The number of para-hydroxylation sites is 1. The fourth-order valence-corrected chi connectivity index (χ4v) is 4.71. The third-order valence-electron chi connectivity index (χ3n) is 4.78. The Balaban J connectivity index is 2.02. The maximum atomic E-state index is 13.6. The first-order chi connectivity index (χ1) is 16.8. The molecule has 3 rings (SSSR count). The zero-order chi connectivity index (χ0) is 25.4. The van der Waals surface area contributed by atoms with E-state index in [-0.39, 0.29) is 11.4 Å². The van der Waals surface area contributed by atoms with Gasteiger partial charge in [0.2, 0.25) is 0 Å². The summed E-state index contributed by atoms with van der Waals surface area (Å²) in [6, 6.07) is 18.1. The number of amides is 1. The van der Waals surface area contributed by atoms with Gasteiger partial charge in [0.1, 0.15) is 18.0 Å². The van der Waals surface area contributed by atoms with Crippen molar-refractivity contribution in [1.29, 1.82) is 0 Å². The third kappa shape index (κ3) is 5.92. The number of carbonyl (C=O) groups excluding carboxylic acids is 1. The predicted octanol–water partition coefficient (Wildman–Crippen LogP) is 2.96. The predicted molar refractivity (Wildman–Crippen MR) is 129 cm³/mol. The summed E-state index contributed by atoms with van der Waals surface area (Å²) in [5.41, 5.74) is 2.34. The van der Waals surface area contributed by atoms with Gasteiger partial charge in [0.05, 0.1) is 31.0 Å². The summed E-state index contributed by atoms with van der Waals surface area (Å²) in [4.78, 5) is 22.8. The van der Waals surface area contributed by atoms with Crippen molar-refractivity contribution in [2.24, 2.45) is 5.10 Å². The lowest BCUT2D eigenvalue weighted by molar-refractivity contribution is -0.387. The Kier molecular flexibility index (Phi) is 8.00. The Bertz CT molecular complexity index is 1340. The Morgan fingerprint density at radius 3 is 2.40 bits per heavy atom. The van der Waals surface area contributed by atoms with E-state index in [0.717, 1.165) is 16.4 Å². The Morgan fingerprint density at radius 1 is 1.06 bits per heavy atom. The van der Waals surface area contributed by atoms with Gasteiger partial charge in [0.25, 0.3) is 21.6 Å². The number of hydrogen-bond donors (Lipinski definition) is 1. The van der Waals surface area contributed by atoms with Crippen molar-refractivity contribution in [3.63, 3.8) is 0 Å². The van der Waals surface area contributed by atoms with Gasteiger partial charge in [-0.3, -0.25) is 19.2 Å². The standard InChI is InChI=1S/C23H22N4O7S/c1-33-18-12-13-19(21(14-18)34-2)26(16-23(28)25-24-15-17-8-4-3-5-9-17)35(31,32)22-11-7-6-10-20(22)27(29)30/h3-15H,16H2,1-2H3,(H,25,28)/b24-15-. The number of hydrogen-bond acceptors (Lipinski definition) is 8. The van der Waals surface area contributed by atoms with Gasteiger partial charge in [-0.25, -0.2) is 13.8 Å². The van der Waals surface area contributed by atoms with Crippen molar-refractivity contribution >= 4 is 33.5 Å². The number of carbonyl (C=O) groups is 1. The van der Waals surface area contributed by atoms with Crippen LogP contribution in [0.25, 0.3) is 0 Å². The summed E-state index contributed by atoms with van der Waals surface area (Å²) < 4.78 is 38.4. The van der Waals surface area contributed by atoms with Crippen LogP contribution in [0.5, 0.6) is 11.5 Å². The Hall–Kier alpha value is -4.45. The molecule has 0 spiro atoms. The molecule has 0 bridgehead atoms. The second-order valence-electron chi connectivity index (χ2n) is 6.98. The minimum absolute atomic E-state index is 0.0198. The molecule has 11 nitrogen and oxygen atoms in total. The number of anilines is 1. The number of rotatable bonds is 10. The first kappa shape index (κ1) is 25.2. The minimum atomic E-state index is -4.60. The molecule has 1 N–H and O–H groups in total. The van der Waals surface area contributed by atoms with E-state index in [0.29, 0.717) is 11.3 Å². The molecule has 3 aromatic carbocycles. The van der Waals surface area contributed by atoms with Gasteiger partial charge < -0.3 is 9.47 Å². The number of nitrogens with one attached hydrogen (secondary N) is 1. The highest BCUT2D eigenvalue weighted by molar-refractivity contribution is 7.93. The van der Waals surface area contributed by atoms with Crippen molar-refractivity contribution in [2.45, 2.75) is 4.90 Å². The Labute approximate surface area is 201 Å². The highest BCUT2D eigenvalue weighted by Gasteiger charge is 2.34. The fraction of sp³-hybridized carbons (Fsp3) is 0.130. The molecule has 0 aliphatic rings. The van der Waals surface area contributed by atoms with Crippen LogP contribution in [0, 0.1) is 10.1 Å². The summed E-state index contributed by atoms with van der Waals surface area (Å²) in [6.07, 6.45) is 1.40. The van der Waals surface area contributed by atoms with Gasteiger partial charge in [-0.15, -0.1) is 0 Å². The molecule has 0 fully saturated rings. The van der Waals surface area contributed by atoms with E-state index in [1.807, 2.05) is 6.07 Å². The van der Waals surface area contributed by atoms with Crippen LogP contribution in [0.1, 0.15) is 5.56 Å². The molecule has 1 amide bonds. The lowest BCUT2D eigenvalue weighted by Gasteiger charge is -2.25. The number of benzene rings is 3. The number of nitro groups is 1. The average molecular weight is 499 g/mol. The Morgan fingerprint density at radius 2 is 1.74 bits per heavy atom. The summed E-state index contributed by atoms with van der Waals surface area (Å²) in [5, 5.41) is 15.4. The van der Waals surface area contributed by atoms with Gasteiger partial charge in [-0.2, -0.15) is 5.10 Å². The fourth-order valence-electron chi connectivity index (χ4n) is 3.12. The van der Waals surface area contributed by atoms with Crippen LogP contribution in [0.4, 0.5) is 11.4 Å². The molecule has 0 aliphatic heterocycles. The number of hydrazone groups is 1. The molecule has 0 aliphatic carbocycles. The molecular weight excluding hydrogens is 476 g/mol. The number of nitro benzene ring substituents is 1. The second kappa shape index (κ2) is 11.1. The van der Waals surface area contributed by atoms with Crippen LogP contribution in [-0.4, -0.2) is 46.2 Å². The van der Waals surface area contributed by atoms with E-state index >= 15 is 0 Å². The molecule has 0 radical (unpaired) electrons. The quantitative estimate of drug-likeness (QED) is 0.257. The highest BCUT2D eigenvalue weighted by Crippen LogP contribution is 2.37. The van der Waals surface area contributed by atoms with E-state index in [2.05, 4.69) is 10.5 Å². The third-order valence-corrected chi connectivity index (χ3v) is 6.58. The average Bonchev–Trinajstić information content (AvgIpc) is 2.87. The van der Waals surface area contributed by atoms with Crippen molar-refractivity contribution < 1.29 is 27.6 Å². The summed E-state index contributed by atoms with van der Waals surface area (Å²) >= 11 is 0. The van der Waals surface area contributed by atoms with Crippen molar-refractivity contribution in [1.82, 2.24) is 5.43 Å². The second-order valence-corrected chi connectivity index (χ2v) is 8.81. The highest BCUT2D eigenvalue weighted by atomic mass is 32.2. The maximum absolute atomic E-state index is 13.6. The van der Waals surface area contributed by atoms with E-state index in [1.165, 1.54) is 50.8 Å². The van der Waals surface area contributed by atoms with Gasteiger partial charge in [-0.1, -0.05) is 42.5 Å². The SMILES string of the molecule is COc1ccc(N(CC(=O)N/N=C\c2ccccc2)S(=O)(=O)c2ccccc2[N+](=O)[O-])c(OC)c1. The summed E-state index contributed by atoms with van der Waals surface area (Å²) in [6.45, 7) is -0.733. The smallest absolute Gasteiger partial charge is 0.289 e. The minimum Gasteiger partial charge on any atom is -0.497 e. The molecule has 12 heteroatoms. The zero-order valence-electron chi connectivity index (χ0n) is 18.8. The number of sulfonamides is 1. The van der Waals surface area contributed by atoms with Crippen LogP contribution < -0.4 is 19.2 Å². The molecular formula is C23H22N4O7S. The van der Waals surface area contributed by atoms with Gasteiger partial charge >= 0.3 is 0 Å². The van der Waals surface area contributed by atoms with E-state index < -0.39 is 38.0 Å². The van der Waals surface area contributed by atoms with Gasteiger partial charge in [-0.05, 0) is 23.8 Å². The van der Waals surface area contributed by atoms with E-state index in [1.54, 1.807) is 24.3 Å². The van der Waals surface area contributed by atoms with Gasteiger partial charge in [0.15, 0.2) is 4.90 Å². The largest absolute Gasteiger partial charge is 0.497 e. The number of nitrogens with zero attached hydrogens (tertiary/aromatic N) is 3. The molecule has 0 unspecified atom stereocenters. The lowest BCUT2D eigenvalue weighted by atomic mass is 10.2. The van der Waals surface area contributed by atoms with Gasteiger partial charge in [0, 0.05) is 12.1 Å².